The molecule has 1 aliphatic heterocycles. The maximum Gasteiger partial charge on any atom is 0.305 e. The molecule has 1 aliphatic carbocycles. The number of hydrogen-bond acceptors (Lipinski definition) is 6. The lowest BCUT2D eigenvalue weighted by Crippen LogP contribution is -2.06. The Morgan fingerprint density at radius 2 is 1.91 bits per heavy atom. The highest BCUT2D eigenvalue weighted by molar-refractivity contribution is 5.69. The van der Waals surface area contributed by atoms with E-state index < -0.39 is 6.10 Å². The summed E-state index contributed by atoms with van der Waals surface area (Å²) < 4.78 is 37.5. The summed E-state index contributed by atoms with van der Waals surface area (Å²) in [6, 6.07) is 15.1. The Kier molecular flexibility index (Phi) is 6.01. The predicted molar refractivity (Wildman–Crippen MR) is 122 cm³/mol. The van der Waals surface area contributed by atoms with Gasteiger partial charge in [0.25, 0.3) is 0 Å². The van der Waals surface area contributed by atoms with Crippen molar-refractivity contribution in [2.24, 2.45) is 0 Å². The summed E-state index contributed by atoms with van der Waals surface area (Å²) in [5.41, 5.74) is 2.34. The molecule has 7 heteroatoms. The van der Waals surface area contributed by atoms with Crippen LogP contribution in [0.2, 0.25) is 0 Å². The molecule has 0 radical (unpaired) electrons. The largest absolute Gasteiger partial charge is 0.508 e. The summed E-state index contributed by atoms with van der Waals surface area (Å²) >= 11 is 0. The second kappa shape index (κ2) is 9.25. The van der Waals surface area contributed by atoms with E-state index in [0.29, 0.717) is 55.1 Å². The lowest BCUT2D eigenvalue weighted by atomic mass is 9.96. The lowest BCUT2D eigenvalue weighted by molar-refractivity contribution is -0.140. The van der Waals surface area contributed by atoms with Crippen molar-refractivity contribution in [3.05, 3.63) is 77.1 Å². The van der Waals surface area contributed by atoms with Gasteiger partial charge in [-0.3, -0.25) is 4.79 Å². The number of phenolic OH excluding ortho intramolecular Hbond substituents is 1. The molecule has 176 valence electrons. The molecule has 34 heavy (non-hydrogen) atoms. The molecule has 1 heterocycles. The first kappa shape index (κ1) is 22.1. The van der Waals surface area contributed by atoms with Crippen molar-refractivity contribution in [1.82, 2.24) is 0 Å². The van der Waals surface area contributed by atoms with E-state index in [4.69, 9.17) is 18.9 Å². The fourth-order valence-electron chi connectivity index (χ4n) is 4.62. The number of methoxy groups -OCH3 is 1. The molecule has 5 rings (SSSR count). The zero-order valence-electron chi connectivity index (χ0n) is 18.8. The van der Waals surface area contributed by atoms with Crippen molar-refractivity contribution >= 4 is 5.97 Å². The van der Waals surface area contributed by atoms with Crippen LogP contribution in [0.4, 0.5) is 4.39 Å². The zero-order chi connectivity index (χ0) is 23.7. The fraction of sp³-hybridized carbons (Fsp3) is 0.296. The Bertz CT molecular complexity index is 1210. The molecule has 3 aromatic rings. The zero-order valence-corrected chi connectivity index (χ0v) is 18.8. The highest BCUT2D eigenvalue weighted by atomic mass is 19.1. The first-order valence-electron chi connectivity index (χ1n) is 11.3. The molecule has 0 bridgehead atoms. The van der Waals surface area contributed by atoms with Crippen LogP contribution in [0, 0.1) is 5.82 Å². The molecule has 0 saturated carbocycles. The smallest absolute Gasteiger partial charge is 0.305 e. The molecule has 2 atom stereocenters. The Balaban J connectivity index is 1.32. The van der Waals surface area contributed by atoms with E-state index in [1.807, 2.05) is 18.2 Å². The van der Waals surface area contributed by atoms with Crippen LogP contribution in [0.1, 0.15) is 48.0 Å². The minimum atomic E-state index is -0.437. The SMILES string of the molecule is COC(=O)CC[C@@H]1COc2cc(O[C@@H]3CCc4c(Oc5ccc(O)cc5)ccc(F)c43)ccc21. The standard InChI is InChI=1S/C27H25FO6/c1-31-26(30)13-2-16-15-32-25-14-19(7-8-20(16)25)34-24-11-9-21-23(12-10-22(28)27(21)24)33-18-5-3-17(29)4-6-18/h3-8,10,12,14,16,24,29H,2,9,11,13,15H2,1H3/t16-,24-/m1/s1. The number of esters is 1. The average molecular weight is 464 g/mol. The molecule has 6 nitrogen and oxygen atoms in total. The molecule has 0 amide bonds. The van der Waals surface area contributed by atoms with Crippen molar-refractivity contribution in [2.45, 2.75) is 37.7 Å². The number of carbonyl (C=O) groups is 1. The van der Waals surface area contributed by atoms with Crippen LogP contribution in [0.15, 0.2) is 54.6 Å². The van der Waals surface area contributed by atoms with Gasteiger partial charge in [-0.05, 0) is 61.7 Å². The monoisotopic (exact) mass is 464 g/mol. The first-order chi connectivity index (χ1) is 16.5. The van der Waals surface area contributed by atoms with Gasteiger partial charge in [-0.1, -0.05) is 6.07 Å². The Hall–Kier alpha value is -3.74. The molecule has 3 aromatic carbocycles. The molecule has 0 saturated heterocycles. The minimum absolute atomic E-state index is 0.132. The molecular weight excluding hydrogens is 439 g/mol. The second-order valence-electron chi connectivity index (χ2n) is 8.50. The number of ether oxygens (including phenoxy) is 4. The van der Waals surface area contributed by atoms with E-state index >= 15 is 0 Å². The molecule has 2 aliphatic rings. The summed E-state index contributed by atoms with van der Waals surface area (Å²) in [4.78, 5) is 11.5. The summed E-state index contributed by atoms with van der Waals surface area (Å²) in [5, 5.41) is 9.47. The van der Waals surface area contributed by atoms with Gasteiger partial charge in [0.2, 0.25) is 0 Å². The van der Waals surface area contributed by atoms with Crippen LogP contribution in [-0.4, -0.2) is 24.8 Å². The third-order valence-corrected chi connectivity index (χ3v) is 6.37. The third kappa shape index (κ3) is 4.38. The Morgan fingerprint density at radius 3 is 2.71 bits per heavy atom. The van der Waals surface area contributed by atoms with Crippen molar-refractivity contribution in [2.75, 3.05) is 13.7 Å². The van der Waals surface area contributed by atoms with Gasteiger partial charge in [-0.25, -0.2) is 4.39 Å². The first-order valence-corrected chi connectivity index (χ1v) is 11.3. The van der Waals surface area contributed by atoms with E-state index in [1.54, 1.807) is 30.3 Å². The topological polar surface area (TPSA) is 74.2 Å². The van der Waals surface area contributed by atoms with E-state index in [0.717, 1.165) is 16.9 Å². The van der Waals surface area contributed by atoms with E-state index in [-0.39, 0.29) is 23.5 Å². The van der Waals surface area contributed by atoms with E-state index in [2.05, 4.69) is 0 Å². The minimum Gasteiger partial charge on any atom is -0.508 e. The highest BCUT2D eigenvalue weighted by Gasteiger charge is 2.32. The van der Waals surface area contributed by atoms with Crippen molar-refractivity contribution < 1.29 is 33.2 Å². The number of halogens is 1. The van der Waals surface area contributed by atoms with Gasteiger partial charge >= 0.3 is 5.97 Å². The molecular formula is C27H25FO6. The number of benzene rings is 3. The highest BCUT2D eigenvalue weighted by Crippen LogP contribution is 2.44. The van der Waals surface area contributed by atoms with Gasteiger partial charge in [-0.15, -0.1) is 0 Å². The number of phenols is 1. The fourth-order valence-corrected chi connectivity index (χ4v) is 4.62. The molecule has 0 fully saturated rings. The van der Waals surface area contributed by atoms with Crippen LogP contribution >= 0.6 is 0 Å². The van der Waals surface area contributed by atoms with Gasteiger partial charge in [0.1, 0.15) is 40.7 Å². The van der Waals surface area contributed by atoms with Gasteiger partial charge in [0.05, 0.1) is 13.7 Å². The summed E-state index contributed by atoms with van der Waals surface area (Å²) in [6.45, 7) is 0.509. The summed E-state index contributed by atoms with van der Waals surface area (Å²) in [5.74, 6) is 2.21. The normalized spacial score (nSPS) is 18.1. The van der Waals surface area contributed by atoms with E-state index in [9.17, 15) is 14.3 Å². The van der Waals surface area contributed by atoms with Gasteiger partial charge in [0.15, 0.2) is 0 Å². The number of aromatic hydroxyl groups is 1. The van der Waals surface area contributed by atoms with Crippen molar-refractivity contribution in [3.8, 4) is 28.7 Å². The second-order valence-corrected chi connectivity index (χ2v) is 8.50. The molecule has 0 aromatic heterocycles. The summed E-state index contributed by atoms with van der Waals surface area (Å²) in [6.07, 6.45) is 1.82. The number of rotatable bonds is 7. The average Bonchev–Trinajstić information content (AvgIpc) is 3.45. The lowest BCUT2D eigenvalue weighted by Gasteiger charge is -2.17. The van der Waals surface area contributed by atoms with Gasteiger partial charge in [0, 0.05) is 35.1 Å². The van der Waals surface area contributed by atoms with Crippen molar-refractivity contribution in [3.63, 3.8) is 0 Å². The van der Waals surface area contributed by atoms with Crippen LogP contribution in [-0.2, 0) is 16.0 Å². The van der Waals surface area contributed by atoms with Gasteiger partial charge in [-0.2, -0.15) is 0 Å². The van der Waals surface area contributed by atoms with Gasteiger partial charge < -0.3 is 24.1 Å². The van der Waals surface area contributed by atoms with E-state index in [1.165, 1.54) is 13.2 Å². The molecule has 1 N–H and O–H groups in total. The number of carbonyl (C=O) groups excluding carboxylic acids is 1. The van der Waals surface area contributed by atoms with Crippen LogP contribution < -0.4 is 14.2 Å². The van der Waals surface area contributed by atoms with Crippen LogP contribution in [0.5, 0.6) is 28.7 Å². The number of hydrogen-bond donors (Lipinski definition) is 1. The summed E-state index contributed by atoms with van der Waals surface area (Å²) in [7, 11) is 1.39. The number of fused-ring (bicyclic) bond motifs is 2. The van der Waals surface area contributed by atoms with Crippen molar-refractivity contribution in [1.29, 1.82) is 0 Å². The predicted octanol–water partition coefficient (Wildman–Crippen LogP) is 5.82. The quantitative estimate of drug-likeness (QED) is 0.444. The third-order valence-electron chi connectivity index (χ3n) is 6.37. The maximum absolute atomic E-state index is 14.8. The Morgan fingerprint density at radius 1 is 1.12 bits per heavy atom. The Labute approximate surface area is 196 Å². The molecule has 0 unspecified atom stereocenters. The molecule has 0 spiro atoms. The van der Waals surface area contributed by atoms with Crippen LogP contribution in [0.3, 0.4) is 0 Å². The maximum atomic E-state index is 14.8. The van der Waals surface area contributed by atoms with Crippen LogP contribution in [0.25, 0.3) is 0 Å².